The van der Waals surface area contributed by atoms with Gasteiger partial charge in [0.15, 0.2) is 0 Å². The van der Waals surface area contributed by atoms with E-state index in [2.05, 4.69) is 29.6 Å². The van der Waals surface area contributed by atoms with Gasteiger partial charge in [-0.25, -0.2) is 4.79 Å². The van der Waals surface area contributed by atoms with Crippen LogP contribution in [-0.2, 0) is 19.1 Å². The molecule has 0 saturated heterocycles. The average Bonchev–Trinajstić information content (AvgIpc) is 3.13. The van der Waals surface area contributed by atoms with Gasteiger partial charge in [-0.05, 0) is 43.0 Å². The first kappa shape index (κ1) is 26.2. The van der Waals surface area contributed by atoms with Crippen molar-refractivity contribution in [1.82, 2.24) is 10.2 Å². The molecule has 2 N–H and O–H groups in total. The number of hydrogen-bond acceptors (Lipinski definition) is 5. The van der Waals surface area contributed by atoms with E-state index in [0.29, 0.717) is 0 Å². The number of carboxylic acids is 1. The smallest absolute Gasteiger partial charge is 0.407 e. The highest BCUT2D eigenvalue weighted by atomic mass is 16.5. The molecule has 0 aliphatic heterocycles. The first-order chi connectivity index (χ1) is 16.6. The van der Waals surface area contributed by atoms with Gasteiger partial charge in [0.25, 0.3) is 5.91 Å². The summed E-state index contributed by atoms with van der Waals surface area (Å²) >= 11 is 0. The van der Waals surface area contributed by atoms with Crippen molar-refractivity contribution in [2.24, 2.45) is 0 Å². The highest BCUT2D eigenvalue weighted by Crippen LogP contribution is 2.44. The monoisotopic (exact) mass is 482 g/mol. The van der Waals surface area contributed by atoms with Crippen LogP contribution in [0.5, 0.6) is 0 Å². The minimum absolute atomic E-state index is 0.0315. The zero-order chi connectivity index (χ0) is 25.6. The number of nitrogens with zero attached hydrogens (tertiary/aromatic N) is 1. The van der Waals surface area contributed by atoms with Crippen LogP contribution >= 0.6 is 0 Å². The molecule has 0 bridgehead atoms. The van der Waals surface area contributed by atoms with E-state index in [1.807, 2.05) is 45.0 Å². The van der Waals surface area contributed by atoms with Crippen LogP contribution in [0.1, 0.15) is 50.7 Å². The summed E-state index contributed by atoms with van der Waals surface area (Å²) in [6, 6.07) is 16.2. The highest BCUT2D eigenvalue weighted by Gasteiger charge is 2.32. The van der Waals surface area contributed by atoms with Gasteiger partial charge in [-0.3, -0.25) is 9.59 Å². The molecule has 0 radical (unpaired) electrons. The Bertz CT molecular complexity index is 1020. The average molecular weight is 483 g/mol. The van der Waals surface area contributed by atoms with E-state index in [1.165, 1.54) is 12.0 Å². The molecule has 8 nitrogen and oxygen atoms in total. The van der Waals surface area contributed by atoms with E-state index >= 15 is 0 Å². The third kappa shape index (κ3) is 6.39. The maximum absolute atomic E-state index is 13.0. The Hall–Kier alpha value is -3.39. The number of carboxylic acid groups (broad SMARTS) is 1. The van der Waals surface area contributed by atoms with Crippen molar-refractivity contribution >= 4 is 18.0 Å². The number of alkyl carbamates (subject to hydrolysis) is 1. The second-order valence-corrected chi connectivity index (χ2v) is 9.57. The largest absolute Gasteiger partial charge is 0.481 e. The predicted octanol–water partition coefficient (Wildman–Crippen LogP) is 4.03. The molecule has 1 atom stereocenters. The zero-order valence-corrected chi connectivity index (χ0v) is 20.7. The van der Waals surface area contributed by atoms with Crippen molar-refractivity contribution in [2.75, 3.05) is 26.8 Å². The normalized spacial score (nSPS) is 13.5. The van der Waals surface area contributed by atoms with Crippen molar-refractivity contribution in [1.29, 1.82) is 0 Å². The number of hydrogen-bond donors (Lipinski definition) is 2. The maximum Gasteiger partial charge on any atom is 0.407 e. The minimum Gasteiger partial charge on any atom is -0.481 e. The van der Waals surface area contributed by atoms with E-state index in [9.17, 15) is 14.4 Å². The lowest BCUT2D eigenvalue weighted by Crippen LogP contribution is -2.51. The molecule has 35 heavy (non-hydrogen) atoms. The highest BCUT2D eigenvalue weighted by molar-refractivity contribution is 5.82. The lowest BCUT2D eigenvalue weighted by Gasteiger charge is -2.37. The lowest BCUT2D eigenvalue weighted by molar-refractivity contribution is -0.148. The van der Waals surface area contributed by atoms with Gasteiger partial charge in [0, 0.05) is 38.1 Å². The Balaban J connectivity index is 1.53. The summed E-state index contributed by atoms with van der Waals surface area (Å²) in [5.41, 5.74) is 4.02. The fourth-order valence-corrected chi connectivity index (χ4v) is 4.45. The molecule has 2 aromatic rings. The van der Waals surface area contributed by atoms with E-state index in [4.69, 9.17) is 14.6 Å². The molecule has 188 valence electrons. The molecule has 0 heterocycles. The summed E-state index contributed by atoms with van der Waals surface area (Å²) in [5.74, 6) is -1.32. The summed E-state index contributed by atoms with van der Waals surface area (Å²) in [7, 11) is 1.42. The molecule has 3 rings (SSSR count). The summed E-state index contributed by atoms with van der Waals surface area (Å²) in [6.07, 6.45) is -1.29. The first-order valence-electron chi connectivity index (χ1n) is 11.8. The summed E-state index contributed by atoms with van der Waals surface area (Å²) < 4.78 is 10.9. The number of ether oxygens (including phenoxy) is 2. The van der Waals surface area contributed by atoms with Crippen molar-refractivity contribution in [3.8, 4) is 11.1 Å². The van der Waals surface area contributed by atoms with E-state index in [0.717, 1.165) is 22.3 Å². The van der Waals surface area contributed by atoms with Gasteiger partial charge >= 0.3 is 12.1 Å². The Labute approximate surface area is 206 Å². The molecule has 0 saturated carbocycles. The molecule has 1 aliphatic carbocycles. The number of rotatable bonds is 10. The fraction of sp³-hybridized carbons (Fsp3) is 0.444. The molecule has 0 aromatic heterocycles. The molecule has 2 amide bonds. The van der Waals surface area contributed by atoms with Crippen molar-refractivity contribution in [2.45, 2.75) is 51.2 Å². The number of amides is 2. The van der Waals surface area contributed by atoms with Gasteiger partial charge in [0.05, 0.1) is 6.42 Å². The molecule has 2 aromatic carbocycles. The second kappa shape index (κ2) is 11.4. The lowest BCUT2D eigenvalue weighted by atomic mass is 9.98. The molecule has 1 unspecified atom stereocenters. The van der Waals surface area contributed by atoms with Crippen molar-refractivity contribution in [3.05, 3.63) is 59.7 Å². The van der Waals surface area contributed by atoms with Crippen LogP contribution in [0.3, 0.4) is 0 Å². The van der Waals surface area contributed by atoms with Crippen LogP contribution in [0.2, 0.25) is 0 Å². The molecule has 1 aliphatic rings. The van der Waals surface area contributed by atoms with Gasteiger partial charge in [0.1, 0.15) is 12.7 Å². The standard InChI is InChI=1S/C27H34N2O6/c1-27(2,3)29(16-14-24(30)31)25(32)23(34-4)13-15-28-26(33)35-17-22-20-11-7-5-9-18(20)19-10-6-8-12-21(19)22/h5-12,22-23H,13-17H2,1-4H3,(H,28,33)(H,30,31). The van der Waals surface area contributed by atoms with Crippen LogP contribution in [0.25, 0.3) is 11.1 Å². The Morgan fingerprint density at radius 1 is 1.03 bits per heavy atom. The van der Waals surface area contributed by atoms with Gasteiger partial charge in [0.2, 0.25) is 0 Å². The molecule has 0 fully saturated rings. The van der Waals surface area contributed by atoms with E-state index < -0.39 is 23.7 Å². The quantitative estimate of drug-likeness (QED) is 0.530. The number of benzene rings is 2. The van der Waals surface area contributed by atoms with Crippen molar-refractivity contribution < 1.29 is 29.0 Å². The van der Waals surface area contributed by atoms with Crippen LogP contribution in [0.4, 0.5) is 4.79 Å². The number of carbonyl (C=O) groups is 3. The summed E-state index contributed by atoms with van der Waals surface area (Å²) in [6.45, 7) is 5.99. The molecule has 8 heteroatoms. The number of aliphatic carboxylic acids is 1. The van der Waals surface area contributed by atoms with Crippen LogP contribution in [-0.4, -0.2) is 66.4 Å². The first-order valence-corrected chi connectivity index (χ1v) is 11.8. The SMILES string of the molecule is COC(CCNC(=O)OCC1c2ccccc2-c2ccccc21)C(=O)N(CCC(=O)O)C(C)(C)C. The number of fused-ring (bicyclic) bond motifs is 3. The van der Waals surface area contributed by atoms with Crippen LogP contribution in [0.15, 0.2) is 48.5 Å². The minimum atomic E-state index is -0.974. The van der Waals surface area contributed by atoms with E-state index in [-0.39, 0.29) is 44.4 Å². The summed E-state index contributed by atoms with van der Waals surface area (Å²) in [4.78, 5) is 37.9. The number of nitrogens with one attached hydrogen (secondary N) is 1. The zero-order valence-electron chi connectivity index (χ0n) is 20.7. The van der Waals surface area contributed by atoms with E-state index in [1.54, 1.807) is 0 Å². The number of methoxy groups -OCH3 is 1. The summed E-state index contributed by atoms with van der Waals surface area (Å²) in [5, 5.41) is 11.7. The van der Waals surface area contributed by atoms with Gasteiger partial charge in [-0.15, -0.1) is 0 Å². The second-order valence-electron chi connectivity index (χ2n) is 9.57. The molecule has 0 spiro atoms. The van der Waals surface area contributed by atoms with Gasteiger partial charge in [-0.1, -0.05) is 48.5 Å². The van der Waals surface area contributed by atoms with Gasteiger partial charge in [-0.2, -0.15) is 0 Å². The third-order valence-electron chi connectivity index (χ3n) is 6.20. The Morgan fingerprint density at radius 3 is 2.11 bits per heavy atom. The predicted molar refractivity (Wildman–Crippen MR) is 132 cm³/mol. The van der Waals surface area contributed by atoms with Crippen LogP contribution in [0, 0.1) is 0 Å². The molecular weight excluding hydrogens is 448 g/mol. The molecular formula is C27H34N2O6. The topological polar surface area (TPSA) is 105 Å². The third-order valence-corrected chi connectivity index (χ3v) is 6.20. The van der Waals surface area contributed by atoms with Crippen molar-refractivity contribution in [3.63, 3.8) is 0 Å². The fourth-order valence-electron chi connectivity index (χ4n) is 4.45. The van der Waals surface area contributed by atoms with Crippen LogP contribution < -0.4 is 5.32 Å². The maximum atomic E-state index is 13.0. The Morgan fingerprint density at radius 2 is 1.60 bits per heavy atom. The Kier molecular flexibility index (Phi) is 8.51. The number of carbonyl (C=O) groups excluding carboxylic acids is 2. The van der Waals surface area contributed by atoms with Gasteiger partial charge < -0.3 is 24.8 Å².